The topological polar surface area (TPSA) is 79.8 Å². The lowest BCUT2D eigenvalue weighted by Gasteiger charge is -2.22. The van der Waals surface area contributed by atoms with E-state index in [1.165, 1.54) is 0 Å². The maximum absolute atomic E-state index is 12.4. The van der Waals surface area contributed by atoms with Crippen molar-refractivity contribution in [3.8, 4) is 0 Å². The van der Waals surface area contributed by atoms with E-state index in [2.05, 4.69) is 10.5 Å². The number of halogens is 5. The van der Waals surface area contributed by atoms with Gasteiger partial charge in [-0.25, -0.2) is 0 Å². The molecule has 1 aliphatic rings. The number of hydrogen-bond donors (Lipinski definition) is 2. The number of oxime groups is 1. The van der Waals surface area contributed by atoms with Crippen LogP contribution in [0.2, 0.25) is 10.0 Å². The first kappa shape index (κ1) is 24.9. The number of alkyl halides is 3. The summed E-state index contributed by atoms with van der Waals surface area (Å²) in [5.41, 5.74) is 2.29. The van der Waals surface area contributed by atoms with Gasteiger partial charge in [-0.05, 0) is 55.3 Å². The van der Waals surface area contributed by atoms with Gasteiger partial charge in [0.25, 0.3) is 5.91 Å². The number of carbonyl (C=O) groups excluding carboxylic acids is 2. The fourth-order valence-corrected chi connectivity index (χ4v) is 3.85. The van der Waals surface area contributed by atoms with Crippen molar-refractivity contribution in [3.63, 3.8) is 0 Å². The van der Waals surface area contributed by atoms with Crippen molar-refractivity contribution < 1.29 is 27.6 Å². The van der Waals surface area contributed by atoms with Crippen LogP contribution >= 0.6 is 23.2 Å². The van der Waals surface area contributed by atoms with Crippen molar-refractivity contribution in [2.45, 2.75) is 32.0 Å². The maximum atomic E-state index is 12.4. The van der Waals surface area contributed by atoms with Crippen molar-refractivity contribution in [2.24, 2.45) is 5.16 Å². The molecule has 1 heterocycles. The summed E-state index contributed by atoms with van der Waals surface area (Å²) < 4.78 is 36.4. The van der Waals surface area contributed by atoms with Gasteiger partial charge in [0.15, 0.2) is 5.60 Å². The molecule has 0 spiro atoms. The molecule has 0 fully saturated rings. The molecule has 2 aromatic carbocycles. The third-order valence-electron chi connectivity index (χ3n) is 5.04. The molecular formula is C22H20Cl2F3N3O3. The monoisotopic (exact) mass is 501 g/mol. The Labute approximate surface area is 198 Å². The van der Waals surface area contributed by atoms with E-state index in [9.17, 15) is 22.8 Å². The number of hydrogen-bond acceptors (Lipinski definition) is 4. The molecule has 2 aromatic rings. The van der Waals surface area contributed by atoms with Crippen LogP contribution < -0.4 is 10.6 Å². The fourth-order valence-electron chi connectivity index (χ4n) is 3.32. The Balaban J connectivity index is 1.65. The number of rotatable bonds is 6. The molecule has 0 aromatic heterocycles. The molecule has 33 heavy (non-hydrogen) atoms. The summed E-state index contributed by atoms with van der Waals surface area (Å²) in [4.78, 5) is 29.5. The highest BCUT2D eigenvalue weighted by molar-refractivity contribution is 6.34. The van der Waals surface area contributed by atoms with Crippen molar-refractivity contribution >= 4 is 40.7 Å². The minimum atomic E-state index is -4.52. The van der Waals surface area contributed by atoms with Crippen molar-refractivity contribution in [1.82, 2.24) is 10.6 Å². The van der Waals surface area contributed by atoms with E-state index in [4.69, 9.17) is 28.0 Å². The molecule has 1 aliphatic heterocycles. The Bertz CT molecular complexity index is 1100. The molecule has 3 rings (SSSR count). The van der Waals surface area contributed by atoms with Crippen molar-refractivity contribution in [3.05, 3.63) is 68.7 Å². The molecule has 2 amide bonds. The number of carbonyl (C=O) groups is 2. The summed E-state index contributed by atoms with van der Waals surface area (Å²) in [7, 11) is 0. The summed E-state index contributed by atoms with van der Waals surface area (Å²) in [5.74, 6) is -1.52. The number of nitrogens with zero attached hydrogens (tertiary/aromatic N) is 1. The molecule has 0 aliphatic carbocycles. The van der Waals surface area contributed by atoms with Gasteiger partial charge in [-0.1, -0.05) is 34.4 Å². The Kier molecular flexibility index (Phi) is 7.23. The van der Waals surface area contributed by atoms with Gasteiger partial charge in [0.1, 0.15) is 6.54 Å². The Hall–Kier alpha value is -2.78. The van der Waals surface area contributed by atoms with Gasteiger partial charge in [-0.15, -0.1) is 0 Å². The Morgan fingerprint density at radius 2 is 1.79 bits per heavy atom. The predicted molar refractivity (Wildman–Crippen MR) is 119 cm³/mol. The fraction of sp³-hybridized carbons (Fsp3) is 0.318. The minimum Gasteiger partial charge on any atom is -0.384 e. The molecule has 1 atom stereocenters. The van der Waals surface area contributed by atoms with Gasteiger partial charge >= 0.3 is 6.18 Å². The molecule has 0 bridgehead atoms. The Morgan fingerprint density at radius 3 is 2.39 bits per heavy atom. The van der Waals surface area contributed by atoms with E-state index >= 15 is 0 Å². The number of aryl methyl sites for hydroxylation is 1. The van der Waals surface area contributed by atoms with E-state index in [-0.39, 0.29) is 5.56 Å². The SMILES string of the molecule is Cc1cc(C2=NO[C@](C)(c3cc(Cl)cc(Cl)c3)C2)ccc1C(=O)NCC(=O)NCC(F)(F)F. The van der Waals surface area contributed by atoms with Gasteiger partial charge in [0, 0.05) is 27.6 Å². The minimum absolute atomic E-state index is 0.284. The van der Waals surface area contributed by atoms with Crippen LogP contribution in [0.5, 0.6) is 0 Å². The molecular weight excluding hydrogens is 482 g/mol. The second-order valence-electron chi connectivity index (χ2n) is 7.80. The first-order chi connectivity index (χ1) is 15.4. The highest BCUT2D eigenvalue weighted by Crippen LogP contribution is 2.38. The lowest BCUT2D eigenvalue weighted by Crippen LogP contribution is -2.41. The first-order valence-corrected chi connectivity index (χ1v) is 10.6. The zero-order chi connectivity index (χ0) is 24.4. The van der Waals surface area contributed by atoms with Crippen LogP contribution in [0.1, 0.15) is 40.4 Å². The van der Waals surface area contributed by atoms with Gasteiger partial charge in [0.05, 0.1) is 12.3 Å². The van der Waals surface area contributed by atoms with Gasteiger partial charge in [-0.3, -0.25) is 9.59 Å². The quantitative estimate of drug-likeness (QED) is 0.599. The van der Waals surface area contributed by atoms with Crippen LogP contribution in [-0.2, 0) is 15.2 Å². The summed E-state index contributed by atoms with van der Waals surface area (Å²) in [6.45, 7) is 1.54. The highest BCUT2D eigenvalue weighted by Gasteiger charge is 2.37. The Morgan fingerprint density at radius 1 is 1.12 bits per heavy atom. The van der Waals surface area contributed by atoms with Gasteiger partial charge < -0.3 is 15.5 Å². The summed E-state index contributed by atoms with van der Waals surface area (Å²) in [6.07, 6.45) is -4.08. The number of benzene rings is 2. The molecule has 11 heteroatoms. The molecule has 176 valence electrons. The maximum Gasteiger partial charge on any atom is 0.405 e. The average Bonchev–Trinajstić information content (AvgIpc) is 3.13. The van der Waals surface area contributed by atoms with E-state index < -0.39 is 36.7 Å². The van der Waals surface area contributed by atoms with E-state index in [0.717, 1.165) is 11.1 Å². The predicted octanol–water partition coefficient (Wildman–Crippen LogP) is 4.75. The summed E-state index contributed by atoms with van der Waals surface area (Å²) >= 11 is 12.2. The first-order valence-electron chi connectivity index (χ1n) is 9.80. The van der Waals surface area contributed by atoms with Gasteiger partial charge in [-0.2, -0.15) is 13.2 Å². The molecule has 0 saturated heterocycles. The molecule has 6 nitrogen and oxygen atoms in total. The third kappa shape index (κ3) is 6.39. The van der Waals surface area contributed by atoms with E-state index in [1.807, 2.05) is 6.92 Å². The second-order valence-corrected chi connectivity index (χ2v) is 8.67. The van der Waals surface area contributed by atoms with Gasteiger partial charge in [0.2, 0.25) is 5.91 Å². The van der Waals surface area contributed by atoms with E-state index in [0.29, 0.717) is 27.7 Å². The molecule has 0 unspecified atom stereocenters. The lowest BCUT2D eigenvalue weighted by atomic mass is 9.88. The largest absolute Gasteiger partial charge is 0.405 e. The second kappa shape index (κ2) is 9.61. The summed E-state index contributed by atoms with van der Waals surface area (Å²) in [5, 5.41) is 9.16. The number of nitrogens with one attached hydrogen (secondary N) is 2. The third-order valence-corrected chi connectivity index (χ3v) is 5.47. The van der Waals surface area contributed by atoms with Crippen LogP contribution in [0.25, 0.3) is 0 Å². The molecule has 0 radical (unpaired) electrons. The van der Waals surface area contributed by atoms with Crippen LogP contribution in [0.4, 0.5) is 13.2 Å². The zero-order valence-electron chi connectivity index (χ0n) is 17.6. The van der Waals surface area contributed by atoms with Crippen LogP contribution in [0.3, 0.4) is 0 Å². The standard InChI is InChI=1S/C22H20Cl2F3N3O3/c1-12-5-13(3-4-17(12)20(32)28-10-19(31)29-11-22(25,26)27)18-9-21(2,33-30-18)14-6-15(23)8-16(24)7-14/h3-8H,9-11H2,1-2H3,(H,28,32)(H,29,31)/t21-/m0/s1. The zero-order valence-corrected chi connectivity index (χ0v) is 19.2. The van der Waals surface area contributed by atoms with Crippen molar-refractivity contribution in [2.75, 3.05) is 13.1 Å². The molecule has 2 N–H and O–H groups in total. The van der Waals surface area contributed by atoms with E-state index in [1.54, 1.807) is 48.6 Å². The van der Waals surface area contributed by atoms with Crippen LogP contribution in [0, 0.1) is 6.92 Å². The smallest absolute Gasteiger partial charge is 0.384 e. The van der Waals surface area contributed by atoms with Crippen LogP contribution in [0.15, 0.2) is 41.6 Å². The normalized spacial score (nSPS) is 17.8. The average molecular weight is 502 g/mol. The summed E-state index contributed by atoms with van der Waals surface area (Å²) in [6, 6.07) is 10.1. The lowest BCUT2D eigenvalue weighted by molar-refractivity contribution is -0.137. The highest BCUT2D eigenvalue weighted by atomic mass is 35.5. The van der Waals surface area contributed by atoms with Crippen molar-refractivity contribution in [1.29, 1.82) is 0 Å². The van der Waals surface area contributed by atoms with Crippen LogP contribution in [-0.4, -0.2) is 36.8 Å². The molecule has 0 saturated carbocycles. The number of amides is 2.